The number of rotatable bonds is 7. The average molecular weight is 523 g/mol. The number of halogens is 1. The first kappa shape index (κ1) is 27.3. The second kappa shape index (κ2) is 11.8. The van der Waals surface area contributed by atoms with Gasteiger partial charge in [-0.2, -0.15) is 0 Å². The van der Waals surface area contributed by atoms with Crippen molar-refractivity contribution in [3.05, 3.63) is 82.3 Å². The van der Waals surface area contributed by atoms with Crippen LogP contribution in [0.5, 0.6) is 0 Å². The van der Waals surface area contributed by atoms with Crippen molar-refractivity contribution in [3.63, 3.8) is 0 Å². The number of benzene rings is 2. The summed E-state index contributed by atoms with van der Waals surface area (Å²) in [6, 6.07) is 12.4. The van der Waals surface area contributed by atoms with Gasteiger partial charge in [0.05, 0.1) is 18.2 Å². The lowest BCUT2D eigenvalue weighted by atomic mass is 9.93. The van der Waals surface area contributed by atoms with E-state index in [1.165, 1.54) is 18.2 Å². The quantitative estimate of drug-likeness (QED) is 0.558. The Hall–Kier alpha value is -3.72. The summed E-state index contributed by atoms with van der Waals surface area (Å²) in [4.78, 5) is 45.0. The van der Waals surface area contributed by atoms with E-state index in [1.54, 1.807) is 22.8 Å². The van der Waals surface area contributed by atoms with Crippen LogP contribution in [-0.4, -0.2) is 78.0 Å². The van der Waals surface area contributed by atoms with E-state index in [0.29, 0.717) is 49.6 Å². The van der Waals surface area contributed by atoms with E-state index < -0.39 is 17.8 Å². The summed E-state index contributed by atoms with van der Waals surface area (Å²) in [5, 5.41) is 3.00. The molecule has 3 amide bonds. The van der Waals surface area contributed by atoms with Gasteiger partial charge in [0.15, 0.2) is 0 Å². The summed E-state index contributed by atoms with van der Waals surface area (Å²) in [7, 11) is 0. The van der Waals surface area contributed by atoms with Crippen molar-refractivity contribution in [3.8, 4) is 0 Å². The molecule has 1 saturated heterocycles. The molecule has 1 N–H and O–H groups in total. The third-order valence-corrected chi connectivity index (χ3v) is 7.04. The highest BCUT2D eigenvalue weighted by molar-refractivity contribution is 5.95. The maximum absolute atomic E-state index is 13.7. The first-order valence-electron chi connectivity index (χ1n) is 13.1. The van der Waals surface area contributed by atoms with Gasteiger partial charge >= 0.3 is 12.0 Å². The van der Waals surface area contributed by atoms with Crippen molar-refractivity contribution in [2.24, 2.45) is 0 Å². The number of hydrogen-bond acceptors (Lipinski definition) is 5. The third kappa shape index (κ3) is 5.72. The van der Waals surface area contributed by atoms with Gasteiger partial charge in [0, 0.05) is 50.0 Å². The lowest BCUT2D eigenvalue weighted by molar-refractivity contribution is -0.139. The predicted molar refractivity (Wildman–Crippen MR) is 142 cm³/mol. The van der Waals surface area contributed by atoms with Crippen molar-refractivity contribution in [2.75, 3.05) is 39.3 Å². The molecule has 2 aromatic rings. The zero-order valence-corrected chi connectivity index (χ0v) is 22.4. The Morgan fingerprint density at radius 1 is 1.11 bits per heavy atom. The molecule has 9 heteroatoms. The molecule has 2 aromatic carbocycles. The number of carbonyl (C=O) groups excluding carboxylic acids is 3. The number of esters is 1. The van der Waals surface area contributed by atoms with Crippen molar-refractivity contribution in [1.29, 1.82) is 0 Å². The average Bonchev–Trinajstić information content (AvgIpc) is 2.88. The van der Waals surface area contributed by atoms with E-state index in [2.05, 4.69) is 10.2 Å². The molecule has 2 aliphatic rings. The maximum Gasteiger partial charge on any atom is 0.338 e. The molecule has 8 nitrogen and oxygen atoms in total. The molecular weight excluding hydrogens is 487 g/mol. The summed E-state index contributed by atoms with van der Waals surface area (Å²) in [5.74, 6) is -1.12. The van der Waals surface area contributed by atoms with E-state index >= 15 is 0 Å². The van der Waals surface area contributed by atoms with Gasteiger partial charge in [0.2, 0.25) is 0 Å². The molecule has 0 spiro atoms. The minimum atomic E-state index is -0.632. The molecule has 0 bridgehead atoms. The van der Waals surface area contributed by atoms with Gasteiger partial charge in [-0.3, -0.25) is 14.6 Å². The predicted octanol–water partition coefficient (Wildman–Crippen LogP) is 3.88. The fourth-order valence-corrected chi connectivity index (χ4v) is 5.23. The Balaban J connectivity index is 1.63. The third-order valence-electron chi connectivity index (χ3n) is 7.04. The summed E-state index contributed by atoms with van der Waals surface area (Å²) in [5.41, 5.74) is 3.18. The minimum Gasteiger partial charge on any atom is -0.463 e. The fourth-order valence-electron chi connectivity index (χ4n) is 5.23. The van der Waals surface area contributed by atoms with Crippen LogP contribution < -0.4 is 5.32 Å². The molecule has 202 valence electrons. The number of ether oxygens (including phenoxy) is 1. The number of nitrogens with one attached hydrogen (secondary N) is 1. The van der Waals surface area contributed by atoms with Crippen LogP contribution in [0, 0.1) is 12.7 Å². The summed E-state index contributed by atoms with van der Waals surface area (Å²) in [6.45, 7) is 10.0. The topological polar surface area (TPSA) is 82.2 Å². The van der Waals surface area contributed by atoms with Crippen LogP contribution in [0.2, 0.25) is 0 Å². The molecule has 0 saturated carbocycles. The van der Waals surface area contributed by atoms with E-state index in [1.807, 2.05) is 45.0 Å². The van der Waals surface area contributed by atoms with E-state index in [0.717, 1.165) is 11.1 Å². The molecule has 0 unspecified atom stereocenters. The summed E-state index contributed by atoms with van der Waals surface area (Å²) >= 11 is 0. The summed E-state index contributed by atoms with van der Waals surface area (Å²) < 4.78 is 19.2. The Bertz CT molecular complexity index is 1250. The first-order valence-corrected chi connectivity index (χ1v) is 13.1. The van der Waals surface area contributed by atoms with Crippen molar-refractivity contribution >= 4 is 17.9 Å². The molecule has 38 heavy (non-hydrogen) atoms. The fraction of sp³-hybridized carbons (Fsp3) is 0.414. The van der Waals surface area contributed by atoms with Crippen LogP contribution in [0.4, 0.5) is 9.18 Å². The largest absolute Gasteiger partial charge is 0.463 e. The molecule has 0 radical (unpaired) electrons. The highest BCUT2D eigenvalue weighted by Crippen LogP contribution is 2.33. The summed E-state index contributed by atoms with van der Waals surface area (Å²) in [6.07, 6.45) is 0. The van der Waals surface area contributed by atoms with Gasteiger partial charge in [-0.15, -0.1) is 0 Å². The van der Waals surface area contributed by atoms with Crippen LogP contribution in [0.25, 0.3) is 0 Å². The van der Waals surface area contributed by atoms with Gasteiger partial charge in [0.1, 0.15) is 5.82 Å². The number of piperazine rings is 1. The highest BCUT2D eigenvalue weighted by atomic mass is 19.1. The monoisotopic (exact) mass is 522 g/mol. The number of nitrogens with zero attached hydrogens (tertiary/aromatic N) is 3. The second-order valence-corrected chi connectivity index (χ2v) is 9.71. The van der Waals surface area contributed by atoms with E-state index in [-0.39, 0.29) is 24.6 Å². The van der Waals surface area contributed by atoms with Gasteiger partial charge in [-0.05, 0) is 51.5 Å². The van der Waals surface area contributed by atoms with Crippen molar-refractivity contribution in [2.45, 2.75) is 39.8 Å². The van der Waals surface area contributed by atoms with Gasteiger partial charge in [0.25, 0.3) is 5.91 Å². The van der Waals surface area contributed by atoms with E-state index in [9.17, 15) is 18.8 Å². The van der Waals surface area contributed by atoms with Crippen LogP contribution in [0.3, 0.4) is 0 Å². The molecule has 2 heterocycles. The zero-order valence-electron chi connectivity index (χ0n) is 22.4. The number of carbonyl (C=O) groups is 3. The van der Waals surface area contributed by atoms with Crippen LogP contribution in [0.1, 0.15) is 48.3 Å². The Kier molecular flexibility index (Phi) is 8.46. The molecule has 1 fully saturated rings. The molecule has 4 rings (SSSR count). The van der Waals surface area contributed by atoms with Crippen LogP contribution >= 0.6 is 0 Å². The first-order chi connectivity index (χ1) is 18.2. The Morgan fingerprint density at radius 2 is 1.87 bits per heavy atom. The standard InChI is InChI=1S/C29H35FN4O4/c1-5-33-24(18-32-13-14-34(20(4)17-32)27(35)22-11-8-12-23(30)16-22)25(28(36)38-6-2)26(31-29(33)37)21-10-7-9-19(3)15-21/h7-12,15-16,20,26H,5-6,13-14,17-18H2,1-4H3,(H,31,37)/t20-,26-/m1/s1. The highest BCUT2D eigenvalue weighted by Gasteiger charge is 2.39. The van der Waals surface area contributed by atoms with Crippen molar-refractivity contribution in [1.82, 2.24) is 20.0 Å². The Morgan fingerprint density at radius 3 is 2.53 bits per heavy atom. The molecular formula is C29H35FN4O4. The maximum atomic E-state index is 13.7. The minimum absolute atomic E-state index is 0.147. The lowest BCUT2D eigenvalue weighted by Crippen LogP contribution is -2.56. The van der Waals surface area contributed by atoms with Gasteiger partial charge in [-0.1, -0.05) is 35.9 Å². The number of urea groups is 1. The lowest BCUT2D eigenvalue weighted by Gasteiger charge is -2.43. The van der Waals surface area contributed by atoms with E-state index in [4.69, 9.17) is 4.74 Å². The van der Waals surface area contributed by atoms with Crippen LogP contribution in [0.15, 0.2) is 59.8 Å². The normalized spacial score (nSPS) is 20.4. The van der Waals surface area contributed by atoms with Gasteiger partial charge in [-0.25, -0.2) is 14.0 Å². The number of amides is 3. The van der Waals surface area contributed by atoms with Crippen molar-refractivity contribution < 1.29 is 23.5 Å². The zero-order chi connectivity index (χ0) is 27.4. The number of aryl methyl sites for hydroxylation is 1. The SMILES string of the molecule is CCOC(=O)C1=C(CN2CCN(C(=O)c3cccc(F)c3)[C@H](C)C2)N(CC)C(=O)N[C@@H]1c1cccc(C)c1. The second-order valence-electron chi connectivity index (χ2n) is 9.71. The molecule has 0 aliphatic carbocycles. The number of likely N-dealkylation sites (N-methyl/N-ethyl adjacent to an activating group) is 1. The Labute approximate surface area is 223 Å². The van der Waals surface area contributed by atoms with Crippen LogP contribution in [-0.2, 0) is 9.53 Å². The molecule has 0 aromatic heterocycles. The van der Waals surface area contributed by atoms with Gasteiger partial charge < -0.3 is 15.0 Å². The number of hydrogen-bond donors (Lipinski definition) is 1. The molecule has 2 aliphatic heterocycles. The smallest absolute Gasteiger partial charge is 0.338 e. The molecule has 2 atom stereocenters.